The molecular formula is C29H31Cl2F3N4O4S2. The number of rotatable bonds is 9. The summed E-state index contributed by atoms with van der Waals surface area (Å²) in [5.41, 5.74) is 1.01. The molecule has 1 aromatic carbocycles. The van der Waals surface area contributed by atoms with E-state index in [0.29, 0.717) is 16.2 Å². The number of esters is 1. The highest BCUT2D eigenvalue weighted by atomic mass is 35.5. The zero-order valence-corrected chi connectivity index (χ0v) is 26.9. The minimum atomic E-state index is -5.09. The third-order valence-corrected chi connectivity index (χ3v) is 10.1. The van der Waals surface area contributed by atoms with E-state index in [0.717, 1.165) is 41.8 Å². The Hall–Kier alpha value is -2.58. The number of carbonyl (C=O) groups excluding carboxylic acids is 2. The molecule has 2 aromatic heterocycles. The lowest BCUT2D eigenvalue weighted by molar-refractivity contribution is -0.201. The summed E-state index contributed by atoms with van der Waals surface area (Å²) in [6.07, 6.45) is 0.455. The standard InChI is InChI=1S/C29H31Cl2F3N4O4S2/c1-17(15-41-27(40)29(32,33)34)42-22-8-7-18(13-21(22)31)25(39)36-28-35-24(23-14-19(30)16-43-23)26(44-28)38-11-9-37(10-12-38)20-5-3-2-4-6-20/h7-8,13-14,16-17,20H,2-6,9-12,15H2,1H3,(H,35,36,39). The average Bonchev–Trinajstić information content (AvgIpc) is 3.63. The molecular weight excluding hydrogens is 660 g/mol. The molecule has 1 aliphatic carbocycles. The van der Waals surface area contributed by atoms with E-state index in [1.165, 1.54) is 79.9 Å². The van der Waals surface area contributed by atoms with Gasteiger partial charge in [-0.15, -0.1) is 11.3 Å². The monoisotopic (exact) mass is 690 g/mol. The van der Waals surface area contributed by atoms with Crippen molar-refractivity contribution in [2.24, 2.45) is 0 Å². The van der Waals surface area contributed by atoms with E-state index in [1.54, 1.807) is 0 Å². The van der Waals surface area contributed by atoms with Crippen molar-refractivity contribution in [1.82, 2.24) is 9.88 Å². The van der Waals surface area contributed by atoms with Crippen LogP contribution >= 0.6 is 45.9 Å². The minimum absolute atomic E-state index is 0.0660. The number of hydrogen-bond donors (Lipinski definition) is 1. The molecule has 2 aliphatic rings. The molecule has 0 bridgehead atoms. The van der Waals surface area contributed by atoms with Crippen LogP contribution in [-0.2, 0) is 9.53 Å². The van der Waals surface area contributed by atoms with E-state index in [9.17, 15) is 22.8 Å². The van der Waals surface area contributed by atoms with Crippen LogP contribution in [0.25, 0.3) is 10.6 Å². The summed E-state index contributed by atoms with van der Waals surface area (Å²) in [6.45, 7) is 4.48. The van der Waals surface area contributed by atoms with E-state index in [2.05, 4.69) is 19.9 Å². The Bertz CT molecular complexity index is 1470. The molecule has 238 valence electrons. The van der Waals surface area contributed by atoms with Gasteiger partial charge in [-0.2, -0.15) is 13.2 Å². The van der Waals surface area contributed by atoms with Crippen LogP contribution < -0.4 is 15.0 Å². The maximum atomic E-state index is 13.2. The summed E-state index contributed by atoms with van der Waals surface area (Å²) in [4.78, 5) is 34.7. The van der Waals surface area contributed by atoms with Gasteiger partial charge < -0.3 is 14.4 Å². The molecule has 8 nitrogen and oxygen atoms in total. The number of nitrogens with zero attached hydrogens (tertiary/aromatic N) is 3. The van der Waals surface area contributed by atoms with Gasteiger partial charge in [0.25, 0.3) is 5.91 Å². The van der Waals surface area contributed by atoms with Gasteiger partial charge in [-0.25, -0.2) is 9.78 Å². The number of piperazine rings is 1. The summed E-state index contributed by atoms with van der Waals surface area (Å²) in [7, 11) is 0. The zero-order chi connectivity index (χ0) is 31.4. The molecule has 1 aliphatic heterocycles. The lowest BCUT2D eigenvalue weighted by Crippen LogP contribution is -2.50. The molecule has 1 N–H and O–H groups in total. The fourth-order valence-electron chi connectivity index (χ4n) is 5.35. The number of hydrogen-bond acceptors (Lipinski definition) is 9. The highest BCUT2D eigenvalue weighted by Crippen LogP contribution is 2.42. The molecule has 1 saturated heterocycles. The number of nitrogens with one attached hydrogen (secondary N) is 1. The Morgan fingerprint density at radius 3 is 2.48 bits per heavy atom. The fraction of sp³-hybridized carbons (Fsp3) is 0.483. The van der Waals surface area contributed by atoms with Gasteiger partial charge in [0.1, 0.15) is 29.2 Å². The molecule has 1 atom stereocenters. The third-order valence-electron chi connectivity index (χ3n) is 7.53. The number of thiazole rings is 1. The number of aromatic nitrogens is 1. The maximum Gasteiger partial charge on any atom is 0.490 e. The zero-order valence-electron chi connectivity index (χ0n) is 23.8. The Kier molecular flexibility index (Phi) is 10.6. The van der Waals surface area contributed by atoms with Crippen molar-refractivity contribution >= 4 is 67.9 Å². The summed E-state index contributed by atoms with van der Waals surface area (Å²) in [5.74, 6) is -2.62. The maximum absolute atomic E-state index is 13.2. The van der Waals surface area contributed by atoms with Gasteiger partial charge in [-0.05, 0) is 44.0 Å². The first kappa shape index (κ1) is 32.8. The summed E-state index contributed by atoms with van der Waals surface area (Å²) >= 11 is 15.4. The van der Waals surface area contributed by atoms with Gasteiger partial charge in [0, 0.05) is 43.2 Å². The average molecular weight is 692 g/mol. The van der Waals surface area contributed by atoms with Crippen LogP contribution in [0.4, 0.5) is 23.3 Å². The Balaban J connectivity index is 1.25. The number of thiophene rings is 1. The second-order valence-electron chi connectivity index (χ2n) is 10.7. The topological polar surface area (TPSA) is 84.0 Å². The van der Waals surface area contributed by atoms with Gasteiger partial charge in [-0.1, -0.05) is 53.8 Å². The van der Waals surface area contributed by atoms with E-state index in [-0.39, 0.29) is 16.3 Å². The Morgan fingerprint density at radius 1 is 1.11 bits per heavy atom. The van der Waals surface area contributed by atoms with Crippen molar-refractivity contribution < 1.29 is 32.2 Å². The number of alkyl halides is 3. The SMILES string of the molecule is CC(COC(=O)C(F)(F)F)Oc1ccc(C(=O)Nc2nc(-c3cc(Cl)cs3)c(N3CCN(C4CCCCC4)CC3)s2)cc1Cl. The van der Waals surface area contributed by atoms with Crippen molar-refractivity contribution in [1.29, 1.82) is 0 Å². The number of halogens is 5. The molecule has 1 amide bonds. The van der Waals surface area contributed by atoms with Crippen LogP contribution in [0.2, 0.25) is 10.0 Å². The lowest BCUT2D eigenvalue weighted by Gasteiger charge is -2.41. The Labute approximate surface area is 271 Å². The van der Waals surface area contributed by atoms with Crippen LogP contribution in [0, 0.1) is 0 Å². The van der Waals surface area contributed by atoms with Gasteiger partial charge in [0.05, 0.1) is 14.9 Å². The van der Waals surface area contributed by atoms with Gasteiger partial charge in [-0.3, -0.25) is 15.0 Å². The molecule has 3 aromatic rings. The number of benzene rings is 1. The molecule has 2 fully saturated rings. The summed E-state index contributed by atoms with van der Waals surface area (Å²) < 4.78 is 46.8. The number of amides is 1. The normalized spacial score (nSPS) is 17.4. The van der Waals surface area contributed by atoms with E-state index in [4.69, 9.17) is 32.9 Å². The van der Waals surface area contributed by atoms with Gasteiger partial charge in [0.15, 0.2) is 5.13 Å². The van der Waals surface area contributed by atoms with Crippen LogP contribution in [0.5, 0.6) is 5.75 Å². The molecule has 5 rings (SSSR count). The second kappa shape index (κ2) is 14.2. The molecule has 15 heteroatoms. The molecule has 3 heterocycles. The van der Waals surface area contributed by atoms with Crippen molar-refractivity contribution in [3.8, 4) is 16.3 Å². The van der Waals surface area contributed by atoms with E-state index < -0.39 is 30.8 Å². The summed E-state index contributed by atoms with van der Waals surface area (Å²) in [6, 6.07) is 6.83. The smallest absolute Gasteiger partial charge is 0.486 e. The minimum Gasteiger partial charge on any atom is -0.486 e. The van der Waals surface area contributed by atoms with Crippen LogP contribution in [0.15, 0.2) is 29.6 Å². The first-order valence-electron chi connectivity index (χ1n) is 14.2. The third kappa shape index (κ3) is 8.16. The van der Waals surface area contributed by atoms with Crippen molar-refractivity contribution in [2.45, 2.75) is 57.3 Å². The largest absolute Gasteiger partial charge is 0.490 e. The predicted molar refractivity (Wildman–Crippen MR) is 168 cm³/mol. The van der Waals surface area contributed by atoms with Gasteiger partial charge >= 0.3 is 12.1 Å². The highest BCUT2D eigenvalue weighted by Gasteiger charge is 2.41. The first-order chi connectivity index (χ1) is 21.0. The molecule has 0 spiro atoms. The fourth-order valence-corrected chi connectivity index (χ4v) is 7.73. The molecule has 1 unspecified atom stereocenters. The van der Waals surface area contributed by atoms with Crippen LogP contribution in [-0.4, -0.2) is 72.9 Å². The Morgan fingerprint density at radius 2 is 1.84 bits per heavy atom. The van der Waals surface area contributed by atoms with Crippen molar-refractivity contribution in [3.63, 3.8) is 0 Å². The first-order valence-corrected chi connectivity index (χ1v) is 16.7. The van der Waals surface area contributed by atoms with Crippen LogP contribution in [0.1, 0.15) is 49.4 Å². The van der Waals surface area contributed by atoms with E-state index >= 15 is 0 Å². The van der Waals surface area contributed by atoms with E-state index in [1.807, 2.05) is 11.4 Å². The molecule has 0 radical (unpaired) electrons. The quantitative estimate of drug-likeness (QED) is 0.230. The number of anilines is 2. The number of carbonyl (C=O) groups is 2. The van der Waals surface area contributed by atoms with Crippen molar-refractivity contribution in [3.05, 3.63) is 45.3 Å². The molecule has 44 heavy (non-hydrogen) atoms. The summed E-state index contributed by atoms with van der Waals surface area (Å²) in [5, 5.41) is 6.82. The second-order valence-corrected chi connectivity index (χ2v) is 13.5. The number of ether oxygens (including phenoxy) is 2. The van der Waals surface area contributed by atoms with Gasteiger partial charge in [0.2, 0.25) is 0 Å². The highest BCUT2D eigenvalue weighted by molar-refractivity contribution is 7.21. The molecule has 1 saturated carbocycles. The van der Waals surface area contributed by atoms with Crippen molar-refractivity contribution in [2.75, 3.05) is 43.0 Å². The predicted octanol–water partition coefficient (Wildman–Crippen LogP) is 7.76. The lowest BCUT2D eigenvalue weighted by atomic mass is 9.94. The van der Waals surface area contributed by atoms with Crippen LogP contribution in [0.3, 0.4) is 0 Å².